The smallest absolute Gasteiger partial charge is 0.306 e. The molecule has 0 aromatic heterocycles. The largest absolute Gasteiger partial charge is 0.481 e. The molecule has 1 aromatic carbocycles. The molecule has 0 saturated heterocycles. The van der Waals surface area contributed by atoms with Crippen molar-refractivity contribution in [3.05, 3.63) is 28.7 Å². The van der Waals surface area contributed by atoms with E-state index in [4.69, 9.17) is 0 Å². The lowest BCUT2D eigenvalue weighted by molar-refractivity contribution is -0.144. The van der Waals surface area contributed by atoms with Gasteiger partial charge in [-0.25, -0.2) is 13.1 Å². The topological polar surface area (TPSA) is 83.5 Å². The first-order valence-corrected chi connectivity index (χ1v) is 9.16. The minimum atomic E-state index is -3.63. The van der Waals surface area contributed by atoms with Crippen molar-refractivity contribution in [2.75, 3.05) is 6.54 Å². The first-order valence-electron chi connectivity index (χ1n) is 6.89. The van der Waals surface area contributed by atoms with Crippen molar-refractivity contribution in [2.24, 2.45) is 11.8 Å². The predicted molar refractivity (Wildman–Crippen MR) is 82.4 cm³/mol. The first kappa shape index (κ1) is 16.5. The van der Waals surface area contributed by atoms with Crippen molar-refractivity contribution in [3.63, 3.8) is 0 Å². The minimum Gasteiger partial charge on any atom is -0.481 e. The number of sulfonamides is 1. The SMILES string of the molecule is O=C(O)C1CCCCC1CNS(=O)(=O)c1ccccc1Br. The van der Waals surface area contributed by atoms with Gasteiger partial charge in [0.05, 0.1) is 10.8 Å². The number of rotatable bonds is 5. The molecule has 1 aliphatic rings. The van der Waals surface area contributed by atoms with Gasteiger partial charge in [0.15, 0.2) is 0 Å². The molecule has 21 heavy (non-hydrogen) atoms. The average Bonchev–Trinajstić information content (AvgIpc) is 2.45. The standard InChI is InChI=1S/C14H18BrNO4S/c15-12-7-3-4-8-13(12)21(19,20)16-9-10-5-1-2-6-11(10)14(17)18/h3-4,7-8,10-11,16H,1-2,5-6,9H2,(H,17,18). The van der Waals surface area contributed by atoms with Crippen molar-refractivity contribution in [1.29, 1.82) is 0 Å². The average molecular weight is 376 g/mol. The van der Waals surface area contributed by atoms with Gasteiger partial charge in [0.25, 0.3) is 0 Å². The molecule has 0 aliphatic heterocycles. The van der Waals surface area contributed by atoms with Crippen molar-refractivity contribution in [2.45, 2.75) is 30.6 Å². The van der Waals surface area contributed by atoms with Crippen molar-refractivity contribution >= 4 is 31.9 Å². The third-order valence-electron chi connectivity index (χ3n) is 3.89. The van der Waals surface area contributed by atoms with Gasteiger partial charge in [0.2, 0.25) is 10.0 Å². The lowest BCUT2D eigenvalue weighted by atomic mass is 9.79. The number of carbonyl (C=O) groups is 1. The Kier molecular flexibility index (Phi) is 5.40. The number of hydrogen-bond donors (Lipinski definition) is 2. The minimum absolute atomic E-state index is 0.145. The molecule has 7 heteroatoms. The van der Waals surface area contributed by atoms with Crippen LogP contribution >= 0.6 is 15.9 Å². The molecular formula is C14H18BrNO4S. The highest BCUT2D eigenvalue weighted by Gasteiger charge is 2.31. The van der Waals surface area contributed by atoms with Crippen LogP contribution in [0.5, 0.6) is 0 Å². The monoisotopic (exact) mass is 375 g/mol. The summed E-state index contributed by atoms with van der Waals surface area (Å²) < 4.78 is 27.6. The summed E-state index contributed by atoms with van der Waals surface area (Å²) in [5.74, 6) is -1.44. The second-order valence-electron chi connectivity index (χ2n) is 5.27. The molecule has 1 fully saturated rings. The van der Waals surface area contributed by atoms with E-state index in [2.05, 4.69) is 20.7 Å². The number of aliphatic carboxylic acids is 1. The molecule has 1 aromatic rings. The molecule has 0 amide bonds. The van der Waals surface area contributed by atoms with Crippen LogP contribution in [0.1, 0.15) is 25.7 Å². The summed E-state index contributed by atoms with van der Waals surface area (Å²) in [6.45, 7) is 0.167. The summed E-state index contributed by atoms with van der Waals surface area (Å²) in [5, 5.41) is 9.21. The van der Waals surface area contributed by atoms with Gasteiger partial charge < -0.3 is 5.11 Å². The van der Waals surface area contributed by atoms with E-state index in [1.165, 1.54) is 6.07 Å². The number of hydrogen-bond acceptors (Lipinski definition) is 3. The molecule has 2 atom stereocenters. The highest BCUT2D eigenvalue weighted by molar-refractivity contribution is 9.10. The Morgan fingerprint density at radius 1 is 1.29 bits per heavy atom. The molecular weight excluding hydrogens is 358 g/mol. The maximum atomic E-state index is 12.3. The van der Waals surface area contributed by atoms with E-state index < -0.39 is 21.9 Å². The van der Waals surface area contributed by atoms with Gasteiger partial charge in [0.1, 0.15) is 0 Å². The summed E-state index contributed by atoms with van der Waals surface area (Å²) in [4.78, 5) is 11.4. The van der Waals surface area contributed by atoms with Gasteiger partial charge in [-0.05, 0) is 46.8 Å². The molecule has 2 rings (SSSR count). The third kappa shape index (κ3) is 4.05. The Morgan fingerprint density at radius 3 is 2.62 bits per heavy atom. The zero-order valence-electron chi connectivity index (χ0n) is 11.5. The molecule has 1 saturated carbocycles. The fraction of sp³-hybridized carbons (Fsp3) is 0.500. The van der Waals surface area contributed by atoms with Crippen molar-refractivity contribution in [1.82, 2.24) is 4.72 Å². The maximum Gasteiger partial charge on any atom is 0.306 e. The summed E-state index contributed by atoms with van der Waals surface area (Å²) in [6, 6.07) is 6.57. The summed E-state index contributed by atoms with van der Waals surface area (Å²) >= 11 is 3.22. The van der Waals surface area contributed by atoms with Crippen LogP contribution in [0.25, 0.3) is 0 Å². The molecule has 2 unspecified atom stereocenters. The number of nitrogens with one attached hydrogen (secondary N) is 1. The van der Waals surface area contributed by atoms with Gasteiger partial charge in [-0.2, -0.15) is 0 Å². The summed E-state index contributed by atoms with van der Waals surface area (Å²) in [6.07, 6.45) is 3.21. The zero-order valence-corrected chi connectivity index (χ0v) is 13.9. The van der Waals surface area contributed by atoms with Crippen LogP contribution in [0.3, 0.4) is 0 Å². The van der Waals surface area contributed by atoms with E-state index in [1.807, 2.05) is 0 Å². The highest BCUT2D eigenvalue weighted by Crippen LogP contribution is 2.30. The summed E-state index contributed by atoms with van der Waals surface area (Å²) in [7, 11) is -3.63. The quantitative estimate of drug-likeness (QED) is 0.828. The summed E-state index contributed by atoms with van der Waals surface area (Å²) in [5.41, 5.74) is 0. The zero-order chi connectivity index (χ0) is 15.5. The molecule has 5 nitrogen and oxygen atoms in total. The first-order chi connectivity index (χ1) is 9.92. The number of carboxylic acids is 1. The lowest BCUT2D eigenvalue weighted by Gasteiger charge is -2.28. The van der Waals surface area contributed by atoms with Gasteiger partial charge in [0, 0.05) is 11.0 Å². The molecule has 0 spiro atoms. The normalized spacial score (nSPS) is 22.9. The molecule has 0 bridgehead atoms. The van der Waals surface area contributed by atoms with E-state index in [-0.39, 0.29) is 17.4 Å². The molecule has 1 aliphatic carbocycles. The molecule has 116 valence electrons. The van der Waals surface area contributed by atoms with E-state index in [9.17, 15) is 18.3 Å². The third-order valence-corrected chi connectivity index (χ3v) is 6.32. The van der Waals surface area contributed by atoms with Gasteiger partial charge in [-0.1, -0.05) is 25.0 Å². The van der Waals surface area contributed by atoms with Gasteiger partial charge in [-0.3, -0.25) is 4.79 Å². The van der Waals surface area contributed by atoms with E-state index in [0.717, 1.165) is 19.3 Å². The van der Waals surface area contributed by atoms with E-state index in [1.54, 1.807) is 18.2 Å². The lowest BCUT2D eigenvalue weighted by Crippen LogP contribution is -2.37. The number of benzene rings is 1. The Labute approximate surface area is 132 Å². The Morgan fingerprint density at radius 2 is 1.95 bits per heavy atom. The van der Waals surface area contributed by atoms with Crippen LogP contribution in [0.4, 0.5) is 0 Å². The molecule has 0 heterocycles. The van der Waals surface area contributed by atoms with Crippen LogP contribution in [-0.2, 0) is 14.8 Å². The Hall–Kier alpha value is -0.920. The second kappa shape index (κ2) is 6.89. The Bertz CT molecular complexity index is 617. The molecule has 0 radical (unpaired) electrons. The van der Waals surface area contributed by atoms with Crippen molar-refractivity contribution in [3.8, 4) is 0 Å². The fourth-order valence-corrected chi connectivity index (χ4v) is 4.83. The van der Waals surface area contributed by atoms with Crippen LogP contribution in [-0.4, -0.2) is 26.0 Å². The van der Waals surface area contributed by atoms with Gasteiger partial charge in [-0.15, -0.1) is 0 Å². The second-order valence-corrected chi connectivity index (χ2v) is 7.86. The van der Waals surface area contributed by atoms with E-state index >= 15 is 0 Å². The van der Waals surface area contributed by atoms with Crippen LogP contribution in [0.15, 0.2) is 33.6 Å². The van der Waals surface area contributed by atoms with Crippen LogP contribution in [0, 0.1) is 11.8 Å². The number of carboxylic acid groups (broad SMARTS) is 1. The fourth-order valence-electron chi connectivity index (χ4n) is 2.73. The highest BCUT2D eigenvalue weighted by atomic mass is 79.9. The van der Waals surface area contributed by atoms with Crippen molar-refractivity contribution < 1.29 is 18.3 Å². The van der Waals surface area contributed by atoms with Crippen LogP contribution < -0.4 is 4.72 Å². The Balaban J connectivity index is 2.08. The maximum absolute atomic E-state index is 12.3. The van der Waals surface area contributed by atoms with Crippen LogP contribution in [0.2, 0.25) is 0 Å². The predicted octanol–water partition coefficient (Wildman–Crippen LogP) is 2.62. The molecule has 2 N–H and O–H groups in total. The number of halogens is 1. The van der Waals surface area contributed by atoms with Gasteiger partial charge >= 0.3 is 5.97 Å². The van der Waals surface area contributed by atoms with E-state index in [0.29, 0.717) is 10.9 Å².